The van der Waals surface area contributed by atoms with E-state index in [9.17, 15) is 5.11 Å². The van der Waals surface area contributed by atoms with Gasteiger partial charge >= 0.3 is 0 Å². The Bertz CT molecular complexity index is 1620. The number of hydrogen-bond acceptors (Lipinski definition) is 3. The predicted octanol–water partition coefficient (Wildman–Crippen LogP) is 7.86. The van der Waals surface area contributed by atoms with Crippen molar-refractivity contribution in [2.24, 2.45) is 11.8 Å². The van der Waals surface area contributed by atoms with Crippen LogP contribution in [0.1, 0.15) is 67.7 Å². The summed E-state index contributed by atoms with van der Waals surface area (Å²) in [4.78, 5) is 0. The molecule has 5 atom stereocenters. The molecule has 0 bridgehead atoms. The maximum atomic E-state index is 10.8. The van der Waals surface area contributed by atoms with Gasteiger partial charge in [-0.25, -0.2) is 0 Å². The van der Waals surface area contributed by atoms with Crippen molar-refractivity contribution in [2.45, 2.75) is 96.1 Å². The second-order valence-corrected chi connectivity index (χ2v) is 24.4. The molecule has 1 aliphatic rings. The summed E-state index contributed by atoms with van der Waals surface area (Å²) in [6.07, 6.45) is 10.8. The lowest BCUT2D eigenvalue weighted by Gasteiger charge is -2.46. The molecule has 0 amide bonds. The fraction of sp³-hybridized carbons (Fsp3) is 0.378. The van der Waals surface area contributed by atoms with Crippen LogP contribution in [-0.4, -0.2) is 40.1 Å². The fourth-order valence-corrected chi connectivity index (χ4v) is 17.9. The van der Waals surface area contributed by atoms with Crippen LogP contribution in [0.5, 0.6) is 0 Å². The van der Waals surface area contributed by atoms with E-state index >= 15 is 0 Å². The second kappa shape index (κ2) is 15.8. The Balaban J connectivity index is 1.69. The van der Waals surface area contributed by atoms with Gasteiger partial charge in [-0.1, -0.05) is 188 Å². The molecule has 5 heteroatoms. The van der Waals surface area contributed by atoms with E-state index < -0.39 is 22.7 Å². The summed E-state index contributed by atoms with van der Waals surface area (Å²) in [5.74, 6) is 2.83. The van der Waals surface area contributed by atoms with Gasteiger partial charge in [-0.15, -0.1) is 12.3 Å². The Hall–Kier alpha value is -3.51. The van der Waals surface area contributed by atoms with Crippen LogP contribution < -0.4 is 20.7 Å². The zero-order valence-corrected chi connectivity index (χ0v) is 33.1. The third kappa shape index (κ3) is 7.42. The van der Waals surface area contributed by atoms with Gasteiger partial charge in [0.1, 0.15) is 0 Å². The van der Waals surface area contributed by atoms with Crippen molar-refractivity contribution >= 4 is 37.4 Å². The molecule has 1 saturated carbocycles. The number of aliphatic hydroxyl groups excluding tert-OH is 1. The fourth-order valence-electron chi connectivity index (χ4n) is 8.43. The lowest BCUT2D eigenvalue weighted by molar-refractivity contribution is 0.132. The average molecular weight is 701 g/mol. The van der Waals surface area contributed by atoms with Gasteiger partial charge in [0.05, 0.1) is 18.3 Å². The van der Waals surface area contributed by atoms with E-state index in [1.54, 1.807) is 0 Å². The maximum absolute atomic E-state index is 10.8. The normalized spacial score (nSPS) is 20.9. The third-order valence-electron chi connectivity index (χ3n) is 10.7. The summed E-state index contributed by atoms with van der Waals surface area (Å²) >= 11 is 0. The maximum Gasteiger partial charge on any atom is 0.261 e. The van der Waals surface area contributed by atoms with Crippen molar-refractivity contribution < 1.29 is 14.0 Å². The molecule has 1 N–H and O–H groups in total. The zero-order valence-electron chi connectivity index (χ0n) is 31.1. The van der Waals surface area contributed by atoms with E-state index in [4.69, 9.17) is 15.3 Å². The first kappa shape index (κ1) is 37.7. The summed E-state index contributed by atoms with van der Waals surface area (Å²) in [6, 6.07) is 43.6. The molecule has 0 aliphatic heterocycles. The van der Waals surface area contributed by atoms with E-state index in [0.29, 0.717) is 0 Å². The SMILES string of the molecule is C#CC[C@H](O)/C=C/[C@@H]1[C@H](CC)[C@@H](O[Si](c2ccccc2)(c2ccccc2)C(C)(C)C)C[C@H]1O[Si](c1ccccc1)(c1ccccc1)C(C)(C)C. The molecule has 50 heavy (non-hydrogen) atoms. The standard InChI is InChI=1S/C45H56O3Si2/c1-9-23-35(46)32-33-41-40(10-2)42(47-49(44(3,4)5,36-24-15-11-16-25-36)37-26-17-12-18-27-37)34-43(41)48-50(45(6,7)8,38-28-19-13-20-29-38)39-30-21-14-22-31-39/h1,11-22,24-33,35,40-43,46H,10,23,34H2,2-8H3/b33-32+/t35-,40-,41+,42-,43+/m0/s1. The summed E-state index contributed by atoms with van der Waals surface area (Å²) < 4.78 is 15.8. The number of aliphatic hydroxyl groups is 1. The smallest absolute Gasteiger partial charge is 0.261 e. The molecule has 0 aromatic heterocycles. The Labute approximate surface area is 304 Å². The lowest BCUT2D eigenvalue weighted by Crippen LogP contribution is -2.68. The molecule has 3 nitrogen and oxygen atoms in total. The summed E-state index contributed by atoms with van der Waals surface area (Å²) in [5.41, 5.74) is 0. The van der Waals surface area contributed by atoms with Gasteiger partial charge in [-0.2, -0.15) is 0 Å². The molecule has 0 heterocycles. The number of terminal acetylenes is 1. The topological polar surface area (TPSA) is 38.7 Å². The van der Waals surface area contributed by atoms with Crippen molar-refractivity contribution in [3.05, 3.63) is 133 Å². The second-order valence-electron chi connectivity index (χ2n) is 15.9. The third-order valence-corrected chi connectivity index (χ3v) is 20.8. The van der Waals surface area contributed by atoms with Crippen LogP contribution in [0.3, 0.4) is 0 Å². The van der Waals surface area contributed by atoms with Crippen LogP contribution >= 0.6 is 0 Å². The van der Waals surface area contributed by atoms with Crippen molar-refractivity contribution in [3.63, 3.8) is 0 Å². The molecule has 0 radical (unpaired) electrons. The molecule has 0 saturated heterocycles. The Morgan fingerprint density at radius 3 is 1.36 bits per heavy atom. The number of benzene rings is 4. The Kier molecular flexibility index (Phi) is 11.9. The Morgan fingerprint density at radius 1 is 0.680 bits per heavy atom. The quantitative estimate of drug-likeness (QED) is 0.0930. The van der Waals surface area contributed by atoms with Crippen molar-refractivity contribution in [1.29, 1.82) is 0 Å². The molecule has 5 rings (SSSR count). The van der Waals surface area contributed by atoms with Gasteiger partial charge < -0.3 is 14.0 Å². The van der Waals surface area contributed by atoms with Crippen LogP contribution in [0.2, 0.25) is 10.1 Å². The first-order valence-corrected chi connectivity index (χ1v) is 22.1. The van der Waals surface area contributed by atoms with Crippen LogP contribution in [0.15, 0.2) is 133 Å². The summed E-state index contributed by atoms with van der Waals surface area (Å²) in [6.45, 7) is 16.3. The van der Waals surface area contributed by atoms with Gasteiger partial charge in [-0.05, 0) is 43.2 Å². The summed E-state index contributed by atoms with van der Waals surface area (Å²) in [5, 5.41) is 15.6. The largest absolute Gasteiger partial charge is 0.404 e. The lowest BCUT2D eigenvalue weighted by atomic mass is 9.90. The first-order valence-electron chi connectivity index (χ1n) is 18.3. The van der Waals surface area contributed by atoms with Gasteiger partial charge in [0, 0.05) is 12.3 Å². The van der Waals surface area contributed by atoms with Gasteiger partial charge in [-0.3, -0.25) is 0 Å². The minimum absolute atomic E-state index is 0.0253. The van der Waals surface area contributed by atoms with Crippen molar-refractivity contribution in [3.8, 4) is 12.3 Å². The minimum atomic E-state index is -2.90. The van der Waals surface area contributed by atoms with Crippen molar-refractivity contribution in [2.75, 3.05) is 0 Å². The first-order chi connectivity index (χ1) is 23.9. The van der Waals surface area contributed by atoms with E-state index in [1.165, 1.54) is 20.7 Å². The number of rotatable bonds is 12. The van der Waals surface area contributed by atoms with Gasteiger partial charge in [0.25, 0.3) is 16.6 Å². The molecule has 262 valence electrons. The molecule has 4 aromatic rings. The highest BCUT2D eigenvalue weighted by Crippen LogP contribution is 2.47. The van der Waals surface area contributed by atoms with Crippen molar-refractivity contribution in [1.82, 2.24) is 0 Å². The highest BCUT2D eigenvalue weighted by atomic mass is 28.4. The highest BCUT2D eigenvalue weighted by Gasteiger charge is 2.57. The molecular weight excluding hydrogens is 645 g/mol. The van der Waals surface area contributed by atoms with E-state index in [-0.39, 0.29) is 40.5 Å². The molecule has 1 aliphatic carbocycles. The average Bonchev–Trinajstić information content (AvgIpc) is 3.44. The van der Waals surface area contributed by atoms with Crippen LogP contribution in [0.25, 0.3) is 0 Å². The number of hydrogen-bond donors (Lipinski definition) is 1. The molecule has 0 spiro atoms. The monoisotopic (exact) mass is 700 g/mol. The van der Waals surface area contributed by atoms with E-state index in [0.717, 1.165) is 12.8 Å². The molecule has 0 unspecified atom stereocenters. The summed E-state index contributed by atoms with van der Waals surface area (Å²) in [7, 11) is -5.75. The highest BCUT2D eigenvalue weighted by molar-refractivity contribution is 7.00. The zero-order chi connectivity index (χ0) is 36.0. The van der Waals surface area contributed by atoms with Crippen LogP contribution in [-0.2, 0) is 8.85 Å². The van der Waals surface area contributed by atoms with E-state index in [1.807, 2.05) is 6.08 Å². The molecule has 4 aromatic carbocycles. The predicted molar refractivity (Wildman–Crippen MR) is 215 cm³/mol. The molecular formula is C45H56O3Si2. The van der Waals surface area contributed by atoms with Gasteiger partial charge in [0.2, 0.25) is 0 Å². The molecule has 1 fully saturated rings. The minimum Gasteiger partial charge on any atom is -0.404 e. The van der Waals surface area contributed by atoms with Gasteiger partial charge in [0.15, 0.2) is 0 Å². The van der Waals surface area contributed by atoms with Crippen LogP contribution in [0, 0.1) is 24.2 Å². The van der Waals surface area contributed by atoms with E-state index in [2.05, 4.69) is 182 Å². The Morgan fingerprint density at radius 2 is 1.04 bits per heavy atom. The van der Waals surface area contributed by atoms with Crippen LogP contribution in [0.4, 0.5) is 0 Å².